The fraction of sp³-hybridized carbons (Fsp3) is 0.160. The molecule has 30 heavy (non-hydrogen) atoms. The van der Waals surface area contributed by atoms with Crippen molar-refractivity contribution in [1.82, 2.24) is 9.88 Å². The largest absolute Gasteiger partial charge is 0.507 e. The van der Waals surface area contributed by atoms with Crippen molar-refractivity contribution in [2.24, 2.45) is 0 Å². The number of pyridine rings is 1. The Kier molecular flexibility index (Phi) is 5.19. The first kappa shape index (κ1) is 19.6. The first-order valence-corrected chi connectivity index (χ1v) is 9.77. The average molecular weight is 398 g/mol. The standard InChI is InChI=1S/C25H22N2O3/c1-16-10-11-20(17(2)13-16)22-21(23(28)19-8-4-3-5-9-19)24(29)25(30)27(22)15-18-7-6-12-26-14-18/h3-14,22,28H,15H2,1-2H3/b23-21-. The lowest BCUT2D eigenvalue weighted by molar-refractivity contribution is -0.140. The summed E-state index contributed by atoms with van der Waals surface area (Å²) >= 11 is 0. The molecule has 1 aliphatic heterocycles. The smallest absolute Gasteiger partial charge is 0.295 e. The van der Waals surface area contributed by atoms with Crippen LogP contribution in [-0.2, 0) is 16.1 Å². The molecular weight excluding hydrogens is 376 g/mol. The number of carbonyl (C=O) groups excluding carboxylic acids is 2. The van der Waals surface area contributed by atoms with Crippen LogP contribution in [-0.4, -0.2) is 26.7 Å². The number of ketones is 1. The first-order valence-electron chi connectivity index (χ1n) is 9.77. The van der Waals surface area contributed by atoms with Crippen LogP contribution in [0.1, 0.15) is 33.9 Å². The highest BCUT2D eigenvalue weighted by molar-refractivity contribution is 6.46. The zero-order valence-electron chi connectivity index (χ0n) is 16.9. The van der Waals surface area contributed by atoms with E-state index in [2.05, 4.69) is 4.98 Å². The molecule has 0 spiro atoms. The second-order valence-electron chi connectivity index (χ2n) is 7.51. The molecule has 0 radical (unpaired) electrons. The van der Waals surface area contributed by atoms with Crippen molar-refractivity contribution < 1.29 is 14.7 Å². The number of carbonyl (C=O) groups is 2. The Bertz CT molecular complexity index is 1140. The van der Waals surface area contributed by atoms with Gasteiger partial charge in [-0.1, -0.05) is 60.2 Å². The number of aliphatic hydroxyl groups is 1. The molecule has 1 amide bonds. The van der Waals surface area contributed by atoms with E-state index in [1.54, 1.807) is 42.7 Å². The predicted octanol–water partition coefficient (Wildman–Crippen LogP) is 4.32. The van der Waals surface area contributed by atoms with Crippen LogP contribution in [0.2, 0.25) is 0 Å². The number of hydrogen-bond acceptors (Lipinski definition) is 4. The van der Waals surface area contributed by atoms with Crippen LogP contribution in [0.4, 0.5) is 0 Å². The highest BCUT2D eigenvalue weighted by atomic mass is 16.3. The molecular formula is C25H22N2O3. The van der Waals surface area contributed by atoms with E-state index in [0.717, 1.165) is 22.3 Å². The molecule has 150 valence electrons. The summed E-state index contributed by atoms with van der Waals surface area (Å²) in [6.45, 7) is 4.17. The van der Waals surface area contributed by atoms with Gasteiger partial charge in [0.05, 0.1) is 11.6 Å². The van der Waals surface area contributed by atoms with E-state index in [9.17, 15) is 14.7 Å². The van der Waals surface area contributed by atoms with Crippen molar-refractivity contribution in [3.05, 3.63) is 106 Å². The highest BCUT2D eigenvalue weighted by Gasteiger charge is 2.46. The van der Waals surface area contributed by atoms with Crippen LogP contribution in [0.5, 0.6) is 0 Å². The zero-order valence-corrected chi connectivity index (χ0v) is 16.9. The van der Waals surface area contributed by atoms with E-state index in [-0.39, 0.29) is 17.9 Å². The zero-order chi connectivity index (χ0) is 21.3. The van der Waals surface area contributed by atoms with Gasteiger partial charge in [0, 0.05) is 24.5 Å². The van der Waals surface area contributed by atoms with Gasteiger partial charge in [-0.05, 0) is 36.6 Å². The number of aliphatic hydroxyl groups excluding tert-OH is 1. The molecule has 1 fully saturated rings. The van der Waals surface area contributed by atoms with Crippen LogP contribution in [0.15, 0.2) is 78.6 Å². The SMILES string of the molecule is Cc1ccc(C2/C(=C(/O)c3ccccc3)C(=O)C(=O)N2Cc2cccnc2)c(C)c1. The third-order valence-corrected chi connectivity index (χ3v) is 5.38. The molecule has 1 unspecified atom stereocenters. The second-order valence-corrected chi connectivity index (χ2v) is 7.51. The molecule has 5 heteroatoms. The molecule has 1 aliphatic rings. The Morgan fingerprint density at radius 2 is 1.80 bits per heavy atom. The van der Waals surface area contributed by atoms with Gasteiger partial charge < -0.3 is 10.0 Å². The van der Waals surface area contributed by atoms with Crippen LogP contribution in [0, 0.1) is 13.8 Å². The summed E-state index contributed by atoms with van der Waals surface area (Å²) in [4.78, 5) is 31.7. The summed E-state index contributed by atoms with van der Waals surface area (Å²) in [5, 5.41) is 11.0. The van der Waals surface area contributed by atoms with E-state index in [0.29, 0.717) is 5.56 Å². The molecule has 1 aromatic heterocycles. The van der Waals surface area contributed by atoms with Crippen molar-refractivity contribution in [2.75, 3.05) is 0 Å². The van der Waals surface area contributed by atoms with Crippen molar-refractivity contribution in [3.8, 4) is 0 Å². The number of benzene rings is 2. The quantitative estimate of drug-likeness (QED) is 0.404. The Balaban J connectivity index is 1.90. The molecule has 2 aromatic carbocycles. The summed E-state index contributed by atoms with van der Waals surface area (Å²) in [6, 6.07) is 17.7. The van der Waals surface area contributed by atoms with Gasteiger partial charge in [-0.15, -0.1) is 0 Å². The number of nitrogens with zero attached hydrogens (tertiary/aromatic N) is 2. The van der Waals surface area contributed by atoms with Crippen molar-refractivity contribution in [3.63, 3.8) is 0 Å². The summed E-state index contributed by atoms with van der Waals surface area (Å²) in [6.07, 6.45) is 3.34. The number of aryl methyl sites for hydroxylation is 2. The van der Waals surface area contributed by atoms with Gasteiger partial charge in [-0.25, -0.2) is 0 Å². The molecule has 2 heterocycles. The predicted molar refractivity (Wildman–Crippen MR) is 114 cm³/mol. The minimum atomic E-state index is -0.676. The van der Waals surface area contributed by atoms with E-state index < -0.39 is 17.7 Å². The van der Waals surface area contributed by atoms with Gasteiger partial charge in [0.15, 0.2) is 0 Å². The normalized spacial score (nSPS) is 18.1. The minimum Gasteiger partial charge on any atom is -0.507 e. The number of rotatable bonds is 4. The Morgan fingerprint density at radius 1 is 1.03 bits per heavy atom. The van der Waals surface area contributed by atoms with E-state index in [4.69, 9.17) is 0 Å². The van der Waals surface area contributed by atoms with Crippen LogP contribution < -0.4 is 0 Å². The van der Waals surface area contributed by atoms with E-state index in [1.165, 1.54) is 4.90 Å². The van der Waals surface area contributed by atoms with Crippen molar-refractivity contribution in [2.45, 2.75) is 26.4 Å². The summed E-state index contributed by atoms with van der Waals surface area (Å²) in [7, 11) is 0. The van der Waals surface area contributed by atoms with Gasteiger partial charge in [0.25, 0.3) is 11.7 Å². The fourth-order valence-electron chi connectivity index (χ4n) is 3.94. The number of likely N-dealkylation sites (tertiary alicyclic amines) is 1. The number of Topliss-reactive ketones (excluding diaryl/α,β-unsaturated/α-hetero) is 1. The number of amides is 1. The third kappa shape index (κ3) is 3.50. The lowest BCUT2D eigenvalue weighted by Crippen LogP contribution is -2.29. The fourth-order valence-corrected chi connectivity index (χ4v) is 3.94. The molecule has 1 N–H and O–H groups in total. The van der Waals surface area contributed by atoms with Crippen molar-refractivity contribution >= 4 is 17.4 Å². The van der Waals surface area contributed by atoms with Gasteiger partial charge in [-0.3, -0.25) is 14.6 Å². The molecule has 5 nitrogen and oxygen atoms in total. The highest BCUT2D eigenvalue weighted by Crippen LogP contribution is 2.41. The number of hydrogen-bond donors (Lipinski definition) is 1. The summed E-state index contributed by atoms with van der Waals surface area (Å²) < 4.78 is 0. The molecule has 1 atom stereocenters. The van der Waals surface area contributed by atoms with Gasteiger partial charge >= 0.3 is 0 Å². The minimum absolute atomic E-state index is 0.113. The van der Waals surface area contributed by atoms with Crippen LogP contribution >= 0.6 is 0 Å². The van der Waals surface area contributed by atoms with Gasteiger partial charge in [0.2, 0.25) is 0 Å². The molecule has 1 saturated heterocycles. The Labute approximate surface area is 175 Å². The maximum Gasteiger partial charge on any atom is 0.295 e. The molecule has 0 bridgehead atoms. The summed E-state index contributed by atoms with van der Waals surface area (Å²) in [5.41, 5.74) is 4.30. The van der Waals surface area contributed by atoms with Crippen molar-refractivity contribution in [1.29, 1.82) is 0 Å². The molecule has 0 saturated carbocycles. The molecule has 4 rings (SSSR count). The van der Waals surface area contributed by atoms with E-state index >= 15 is 0 Å². The summed E-state index contributed by atoms with van der Waals surface area (Å²) in [5.74, 6) is -1.46. The maximum absolute atomic E-state index is 13.1. The topological polar surface area (TPSA) is 70.5 Å². The average Bonchev–Trinajstić information content (AvgIpc) is 2.99. The van der Waals surface area contributed by atoms with Crippen LogP contribution in [0.3, 0.4) is 0 Å². The lowest BCUT2D eigenvalue weighted by atomic mass is 9.91. The molecule has 0 aliphatic carbocycles. The number of aromatic nitrogens is 1. The lowest BCUT2D eigenvalue weighted by Gasteiger charge is -2.26. The Hall–Kier alpha value is -3.73. The second kappa shape index (κ2) is 7.95. The van der Waals surface area contributed by atoms with Crippen LogP contribution in [0.25, 0.3) is 5.76 Å². The molecule has 3 aromatic rings. The monoisotopic (exact) mass is 398 g/mol. The van der Waals surface area contributed by atoms with Gasteiger partial charge in [0.1, 0.15) is 5.76 Å². The maximum atomic E-state index is 13.1. The van der Waals surface area contributed by atoms with Gasteiger partial charge in [-0.2, -0.15) is 0 Å². The third-order valence-electron chi connectivity index (χ3n) is 5.38. The first-order chi connectivity index (χ1) is 14.5. The Morgan fingerprint density at radius 3 is 2.47 bits per heavy atom. The van der Waals surface area contributed by atoms with E-state index in [1.807, 2.05) is 44.2 Å².